The average molecular weight is 300 g/mol. The van der Waals surface area contributed by atoms with E-state index in [1.165, 1.54) is 0 Å². The Bertz CT molecular complexity index is 614. The molecule has 5 nitrogen and oxygen atoms in total. The molecule has 0 aliphatic heterocycles. The quantitative estimate of drug-likeness (QED) is 0.738. The van der Waals surface area contributed by atoms with Crippen molar-refractivity contribution >= 4 is 15.7 Å². The van der Waals surface area contributed by atoms with E-state index >= 15 is 0 Å². The van der Waals surface area contributed by atoms with Crippen LogP contribution in [0, 0.1) is 13.8 Å². The third kappa shape index (κ3) is 3.31. The van der Waals surface area contributed by atoms with Gasteiger partial charge in [0.1, 0.15) is 4.90 Å². The van der Waals surface area contributed by atoms with Gasteiger partial charge in [-0.25, -0.2) is 13.1 Å². The van der Waals surface area contributed by atoms with Crippen LogP contribution in [0.1, 0.15) is 38.8 Å². The number of aryl methyl sites for hydroxylation is 2. The van der Waals surface area contributed by atoms with Gasteiger partial charge in [-0.05, 0) is 64.8 Å². The maximum Gasteiger partial charge on any atom is 0.243 e. The minimum Gasteiger partial charge on any atom is -0.398 e. The Morgan fingerprint density at radius 3 is 2.00 bits per heavy atom. The highest BCUT2D eigenvalue weighted by Gasteiger charge is 2.39. The summed E-state index contributed by atoms with van der Waals surface area (Å²) in [7, 11) is -3.81. The molecule has 1 aromatic rings. The number of rotatable bonds is 4. The highest BCUT2D eigenvalue weighted by atomic mass is 32.2. The number of nitrogens with one attached hydrogen (secondary N) is 1. The van der Waals surface area contributed by atoms with Gasteiger partial charge >= 0.3 is 0 Å². The van der Waals surface area contributed by atoms with Crippen LogP contribution in [0.5, 0.6) is 0 Å². The number of anilines is 1. The SMILES string of the molecule is Cc1cc(N)c(S(=O)(=O)NC(C)(C)C(C)(C)O)cc1C. The lowest BCUT2D eigenvalue weighted by Crippen LogP contribution is -2.57. The number of hydrogen-bond acceptors (Lipinski definition) is 4. The first-order valence-electron chi connectivity index (χ1n) is 6.41. The molecule has 1 aromatic carbocycles. The zero-order valence-corrected chi connectivity index (χ0v) is 13.7. The topological polar surface area (TPSA) is 92.4 Å². The normalized spacial score (nSPS) is 13.6. The number of aliphatic hydroxyl groups is 1. The van der Waals surface area contributed by atoms with Crippen LogP contribution in [-0.2, 0) is 10.0 Å². The summed E-state index contributed by atoms with van der Waals surface area (Å²) in [4.78, 5) is 0.0397. The van der Waals surface area contributed by atoms with Gasteiger partial charge in [0.15, 0.2) is 0 Å². The number of nitrogens with two attached hydrogens (primary N) is 1. The van der Waals surface area contributed by atoms with Gasteiger partial charge < -0.3 is 10.8 Å². The molecule has 0 saturated carbocycles. The van der Waals surface area contributed by atoms with E-state index in [9.17, 15) is 13.5 Å². The van der Waals surface area contributed by atoms with E-state index in [0.29, 0.717) is 0 Å². The molecule has 114 valence electrons. The highest BCUT2D eigenvalue weighted by Crippen LogP contribution is 2.27. The van der Waals surface area contributed by atoms with Crippen LogP contribution in [0.25, 0.3) is 0 Å². The lowest BCUT2D eigenvalue weighted by Gasteiger charge is -2.37. The molecule has 0 atom stereocenters. The minimum atomic E-state index is -3.81. The molecule has 0 amide bonds. The van der Waals surface area contributed by atoms with E-state index in [2.05, 4.69) is 4.72 Å². The number of hydrogen-bond donors (Lipinski definition) is 3. The van der Waals surface area contributed by atoms with Crippen molar-refractivity contribution in [3.63, 3.8) is 0 Å². The Morgan fingerprint density at radius 2 is 1.55 bits per heavy atom. The molecule has 0 bridgehead atoms. The van der Waals surface area contributed by atoms with Crippen molar-refractivity contribution in [3.8, 4) is 0 Å². The number of benzene rings is 1. The summed E-state index contributed by atoms with van der Waals surface area (Å²) in [6.07, 6.45) is 0. The van der Waals surface area contributed by atoms with Crippen LogP contribution in [0.2, 0.25) is 0 Å². The van der Waals surface area contributed by atoms with Gasteiger partial charge in [-0.1, -0.05) is 0 Å². The second-order valence-corrected chi connectivity index (χ2v) is 7.91. The van der Waals surface area contributed by atoms with E-state index in [0.717, 1.165) is 11.1 Å². The molecule has 1 rings (SSSR count). The van der Waals surface area contributed by atoms with Crippen molar-refractivity contribution in [3.05, 3.63) is 23.3 Å². The van der Waals surface area contributed by atoms with Gasteiger partial charge in [-0.15, -0.1) is 0 Å². The average Bonchev–Trinajstić information content (AvgIpc) is 2.19. The summed E-state index contributed by atoms with van der Waals surface area (Å²) in [6, 6.07) is 3.19. The van der Waals surface area contributed by atoms with Crippen molar-refractivity contribution in [1.82, 2.24) is 4.72 Å². The van der Waals surface area contributed by atoms with Crippen LogP contribution in [0.15, 0.2) is 17.0 Å². The molecule has 0 aromatic heterocycles. The molecular weight excluding hydrogens is 276 g/mol. The summed E-state index contributed by atoms with van der Waals surface area (Å²) in [5.41, 5.74) is 5.56. The van der Waals surface area contributed by atoms with E-state index in [-0.39, 0.29) is 10.6 Å². The predicted octanol–water partition coefficient (Wildman–Crippen LogP) is 1.71. The molecule has 0 aliphatic carbocycles. The maximum atomic E-state index is 12.5. The Balaban J connectivity index is 3.29. The smallest absolute Gasteiger partial charge is 0.243 e. The molecular formula is C14H24N2O3S. The molecule has 0 aliphatic rings. The fraction of sp³-hybridized carbons (Fsp3) is 0.571. The molecule has 0 fully saturated rings. The summed E-state index contributed by atoms with van der Waals surface area (Å²) in [5, 5.41) is 10.1. The summed E-state index contributed by atoms with van der Waals surface area (Å²) >= 11 is 0. The summed E-state index contributed by atoms with van der Waals surface area (Å²) in [5.74, 6) is 0. The third-order valence-electron chi connectivity index (χ3n) is 3.83. The first-order valence-corrected chi connectivity index (χ1v) is 7.89. The summed E-state index contributed by atoms with van der Waals surface area (Å²) < 4.78 is 27.5. The monoisotopic (exact) mass is 300 g/mol. The van der Waals surface area contributed by atoms with Crippen molar-refractivity contribution in [2.24, 2.45) is 0 Å². The Kier molecular flexibility index (Phi) is 4.25. The second kappa shape index (κ2) is 5.02. The van der Waals surface area contributed by atoms with Crippen LogP contribution < -0.4 is 10.5 Å². The van der Waals surface area contributed by atoms with Gasteiger partial charge in [-0.2, -0.15) is 0 Å². The van der Waals surface area contributed by atoms with Gasteiger partial charge in [0.25, 0.3) is 0 Å². The second-order valence-electron chi connectivity index (χ2n) is 6.26. The van der Waals surface area contributed by atoms with E-state index in [1.807, 2.05) is 13.8 Å². The largest absolute Gasteiger partial charge is 0.398 e. The lowest BCUT2D eigenvalue weighted by molar-refractivity contribution is 0.00639. The standard InChI is InChI=1S/C14H24N2O3S/c1-9-7-11(15)12(8-10(9)2)20(18,19)16-13(3,4)14(5,6)17/h7-8,16-17H,15H2,1-6H3. The molecule has 6 heteroatoms. The number of nitrogen functional groups attached to an aromatic ring is 1. The van der Waals surface area contributed by atoms with Crippen LogP contribution >= 0.6 is 0 Å². The first-order chi connectivity index (χ1) is 8.78. The third-order valence-corrected chi connectivity index (χ3v) is 5.55. The lowest BCUT2D eigenvalue weighted by atomic mass is 9.87. The Labute approximate surface area is 121 Å². The molecule has 0 radical (unpaired) electrons. The van der Waals surface area contributed by atoms with Gasteiger partial charge in [0.2, 0.25) is 10.0 Å². The van der Waals surface area contributed by atoms with Crippen molar-refractivity contribution in [2.45, 2.75) is 57.6 Å². The van der Waals surface area contributed by atoms with Crippen molar-refractivity contribution < 1.29 is 13.5 Å². The van der Waals surface area contributed by atoms with Crippen molar-refractivity contribution in [2.75, 3.05) is 5.73 Å². The fourth-order valence-corrected chi connectivity index (χ4v) is 3.29. The molecule has 20 heavy (non-hydrogen) atoms. The van der Waals surface area contributed by atoms with Gasteiger partial charge in [0, 0.05) is 0 Å². The number of sulfonamides is 1. The summed E-state index contributed by atoms with van der Waals surface area (Å²) in [6.45, 7) is 10.1. The van der Waals surface area contributed by atoms with Crippen molar-refractivity contribution in [1.29, 1.82) is 0 Å². The Hall–Kier alpha value is -1.11. The zero-order valence-electron chi connectivity index (χ0n) is 12.9. The van der Waals surface area contributed by atoms with Crippen LogP contribution in [0.3, 0.4) is 0 Å². The Morgan fingerprint density at radius 1 is 1.10 bits per heavy atom. The van der Waals surface area contributed by atoms with E-state index in [1.54, 1.807) is 39.8 Å². The minimum absolute atomic E-state index is 0.0397. The van der Waals surface area contributed by atoms with Crippen LogP contribution in [0.4, 0.5) is 5.69 Å². The first kappa shape index (κ1) is 16.9. The van der Waals surface area contributed by atoms with E-state index < -0.39 is 21.2 Å². The molecule has 4 N–H and O–H groups in total. The zero-order chi connectivity index (χ0) is 15.9. The fourth-order valence-electron chi connectivity index (χ4n) is 1.56. The maximum absolute atomic E-state index is 12.5. The van der Waals surface area contributed by atoms with E-state index in [4.69, 9.17) is 5.73 Å². The molecule has 0 spiro atoms. The van der Waals surface area contributed by atoms with Crippen LogP contribution in [-0.4, -0.2) is 24.7 Å². The van der Waals surface area contributed by atoms with Gasteiger partial charge in [0.05, 0.1) is 16.8 Å². The highest BCUT2D eigenvalue weighted by molar-refractivity contribution is 7.89. The molecule has 0 heterocycles. The molecule has 0 saturated heterocycles. The molecule has 0 unspecified atom stereocenters. The van der Waals surface area contributed by atoms with Gasteiger partial charge in [-0.3, -0.25) is 0 Å². The predicted molar refractivity (Wildman–Crippen MR) is 81.0 cm³/mol.